The summed E-state index contributed by atoms with van der Waals surface area (Å²) in [7, 11) is 1.79. The van der Waals surface area contributed by atoms with Crippen LogP contribution in [0, 0.1) is 5.82 Å². The number of rotatable bonds is 7. The summed E-state index contributed by atoms with van der Waals surface area (Å²) in [5.74, 6) is -0.246. The van der Waals surface area contributed by atoms with E-state index in [1.54, 1.807) is 42.2 Å². The van der Waals surface area contributed by atoms with Crippen molar-refractivity contribution in [2.45, 2.75) is 0 Å². The number of nitrogens with one attached hydrogen (secondary N) is 1. The molecule has 9 heteroatoms. The molecular formula is C23H24ClFN4O3. The molecule has 1 fully saturated rings. The van der Waals surface area contributed by atoms with E-state index < -0.39 is 11.7 Å². The first-order valence-corrected chi connectivity index (χ1v) is 10.7. The summed E-state index contributed by atoms with van der Waals surface area (Å²) >= 11 is 6.39. The van der Waals surface area contributed by atoms with Crippen molar-refractivity contribution in [3.05, 3.63) is 65.1 Å². The Hall–Kier alpha value is -2.94. The molecule has 0 bridgehead atoms. The molecule has 0 spiro atoms. The lowest BCUT2D eigenvalue weighted by atomic mass is 10.1. The molecule has 2 heterocycles. The fraction of sp³-hybridized carbons (Fsp3) is 0.304. The van der Waals surface area contributed by atoms with Gasteiger partial charge in [0.1, 0.15) is 18.2 Å². The molecule has 4 rings (SSSR count). The van der Waals surface area contributed by atoms with Gasteiger partial charge in [-0.15, -0.1) is 0 Å². The summed E-state index contributed by atoms with van der Waals surface area (Å²) < 4.78 is 26.6. The van der Waals surface area contributed by atoms with E-state index >= 15 is 0 Å². The van der Waals surface area contributed by atoms with E-state index in [4.69, 9.17) is 21.1 Å². The number of benzene rings is 2. The largest absolute Gasteiger partial charge is 0.492 e. The van der Waals surface area contributed by atoms with Gasteiger partial charge in [0, 0.05) is 43.5 Å². The maximum Gasteiger partial charge on any atom is 0.255 e. The Morgan fingerprint density at radius 1 is 1.25 bits per heavy atom. The van der Waals surface area contributed by atoms with Gasteiger partial charge >= 0.3 is 0 Å². The van der Waals surface area contributed by atoms with Gasteiger partial charge in [0.15, 0.2) is 0 Å². The summed E-state index contributed by atoms with van der Waals surface area (Å²) in [6.07, 6.45) is 1.56. The predicted molar refractivity (Wildman–Crippen MR) is 121 cm³/mol. The van der Waals surface area contributed by atoms with E-state index in [2.05, 4.69) is 15.3 Å². The van der Waals surface area contributed by atoms with Crippen molar-refractivity contribution in [3.63, 3.8) is 0 Å². The zero-order chi connectivity index (χ0) is 22.5. The van der Waals surface area contributed by atoms with Crippen LogP contribution < -0.4 is 10.1 Å². The van der Waals surface area contributed by atoms with Crippen LogP contribution in [0.3, 0.4) is 0 Å². The van der Waals surface area contributed by atoms with E-state index in [-0.39, 0.29) is 5.56 Å². The molecule has 3 aromatic rings. The number of carbonyl (C=O) groups is 1. The Morgan fingerprint density at radius 3 is 2.78 bits per heavy atom. The van der Waals surface area contributed by atoms with Gasteiger partial charge in [-0.1, -0.05) is 17.7 Å². The fourth-order valence-corrected chi connectivity index (χ4v) is 3.84. The topological polar surface area (TPSA) is 68.6 Å². The molecule has 1 aromatic heterocycles. The summed E-state index contributed by atoms with van der Waals surface area (Å²) in [5, 5.41) is 7.49. The first-order valence-electron chi connectivity index (χ1n) is 10.3. The highest BCUT2D eigenvalue weighted by molar-refractivity contribution is 6.33. The molecule has 0 aliphatic carbocycles. The van der Waals surface area contributed by atoms with Crippen LogP contribution in [-0.4, -0.2) is 60.0 Å². The third-order valence-electron chi connectivity index (χ3n) is 5.24. The molecule has 32 heavy (non-hydrogen) atoms. The van der Waals surface area contributed by atoms with Crippen LogP contribution >= 0.6 is 11.6 Å². The first-order chi connectivity index (χ1) is 15.5. The molecule has 1 aliphatic heterocycles. The molecule has 0 atom stereocenters. The van der Waals surface area contributed by atoms with E-state index in [1.165, 1.54) is 18.2 Å². The van der Waals surface area contributed by atoms with Gasteiger partial charge in [-0.2, -0.15) is 5.10 Å². The smallest absolute Gasteiger partial charge is 0.255 e. The van der Waals surface area contributed by atoms with Crippen molar-refractivity contribution in [2.75, 3.05) is 44.8 Å². The zero-order valence-electron chi connectivity index (χ0n) is 17.7. The number of morpholine rings is 1. The molecule has 1 N–H and O–H groups in total. The molecular weight excluding hydrogens is 435 g/mol. The third kappa shape index (κ3) is 5.27. The summed E-state index contributed by atoms with van der Waals surface area (Å²) in [4.78, 5) is 14.8. The van der Waals surface area contributed by atoms with E-state index in [1.807, 2.05) is 0 Å². The minimum Gasteiger partial charge on any atom is -0.492 e. The van der Waals surface area contributed by atoms with Crippen LogP contribution in [0.1, 0.15) is 10.4 Å². The lowest BCUT2D eigenvalue weighted by molar-refractivity contribution is 0.0323. The average molecular weight is 459 g/mol. The van der Waals surface area contributed by atoms with Gasteiger partial charge in [0.05, 0.1) is 30.1 Å². The Labute approximate surface area is 190 Å². The summed E-state index contributed by atoms with van der Waals surface area (Å²) in [6, 6.07) is 10.9. The van der Waals surface area contributed by atoms with Crippen LogP contribution in [0.4, 0.5) is 10.1 Å². The fourth-order valence-electron chi connectivity index (χ4n) is 3.57. The van der Waals surface area contributed by atoms with Gasteiger partial charge in [-0.25, -0.2) is 4.39 Å². The minimum absolute atomic E-state index is 0.232. The SMILES string of the molecule is Cn1ncc(Cl)c1-c1cc(NC(=O)c2cccc(F)c2)ccc1OCCN1CCOCC1. The number of aryl methyl sites for hydroxylation is 1. The quantitative estimate of drug-likeness (QED) is 0.582. The summed E-state index contributed by atoms with van der Waals surface area (Å²) in [6.45, 7) is 4.51. The van der Waals surface area contributed by atoms with Crippen LogP contribution in [0.5, 0.6) is 5.75 Å². The molecule has 1 saturated heterocycles. The number of aromatic nitrogens is 2. The Bertz CT molecular complexity index is 1080. The van der Waals surface area contributed by atoms with Gasteiger partial charge < -0.3 is 14.8 Å². The Kier molecular flexibility index (Phi) is 7.04. The number of nitrogens with zero attached hydrogens (tertiary/aromatic N) is 3. The number of carbonyl (C=O) groups excluding carboxylic acids is 1. The number of hydrogen-bond acceptors (Lipinski definition) is 5. The molecule has 0 radical (unpaired) electrons. The van der Waals surface area contributed by atoms with Crippen LogP contribution in [-0.2, 0) is 11.8 Å². The number of ether oxygens (including phenoxy) is 2. The van der Waals surface area contributed by atoms with E-state index in [0.717, 1.165) is 32.8 Å². The maximum atomic E-state index is 13.5. The second-order valence-electron chi connectivity index (χ2n) is 7.44. The van der Waals surface area contributed by atoms with Crippen molar-refractivity contribution in [1.82, 2.24) is 14.7 Å². The van der Waals surface area contributed by atoms with Crippen LogP contribution in [0.15, 0.2) is 48.7 Å². The highest BCUT2D eigenvalue weighted by Crippen LogP contribution is 2.36. The minimum atomic E-state index is -0.468. The molecule has 1 amide bonds. The zero-order valence-corrected chi connectivity index (χ0v) is 18.4. The van der Waals surface area contributed by atoms with Gasteiger partial charge in [0.25, 0.3) is 5.91 Å². The second kappa shape index (κ2) is 10.1. The maximum absolute atomic E-state index is 13.5. The number of hydrogen-bond donors (Lipinski definition) is 1. The highest BCUT2D eigenvalue weighted by atomic mass is 35.5. The molecule has 2 aromatic carbocycles. The molecule has 168 valence electrons. The lowest BCUT2D eigenvalue weighted by Crippen LogP contribution is -2.38. The molecule has 0 saturated carbocycles. The van der Waals surface area contributed by atoms with Crippen molar-refractivity contribution < 1.29 is 18.7 Å². The normalized spacial score (nSPS) is 14.3. The predicted octanol–water partition coefficient (Wildman–Crippen LogP) is 3.84. The third-order valence-corrected chi connectivity index (χ3v) is 5.52. The molecule has 7 nitrogen and oxygen atoms in total. The first kappa shape index (κ1) is 22.3. The number of amides is 1. The second-order valence-corrected chi connectivity index (χ2v) is 7.85. The lowest BCUT2D eigenvalue weighted by Gasteiger charge is -2.26. The van der Waals surface area contributed by atoms with Crippen LogP contribution in [0.25, 0.3) is 11.3 Å². The van der Waals surface area contributed by atoms with Crippen molar-refractivity contribution in [1.29, 1.82) is 0 Å². The Morgan fingerprint density at radius 2 is 2.06 bits per heavy atom. The van der Waals surface area contributed by atoms with Crippen molar-refractivity contribution in [2.24, 2.45) is 7.05 Å². The van der Waals surface area contributed by atoms with Gasteiger partial charge in [-0.05, 0) is 36.4 Å². The van der Waals surface area contributed by atoms with Gasteiger partial charge in [0.2, 0.25) is 0 Å². The van der Waals surface area contributed by atoms with Crippen molar-refractivity contribution in [3.8, 4) is 17.0 Å². The monoisotopic (exact) mass is 458 g/mol. The van der Waals surface area contributed by atoms with Crippen LogP contribution in [0.2, 0.25) is 5.02 Å². The van der Waals surface area contributed by atoms with Crippen molar-refractivity contribution >= 4 is 23.2 Å². The molecule has 1 aliphatic rings. The van der Waals surface area contributed by atoms with E-state index in [9.17, 15) is 9.18 Å². The number of anilines is 1. The average Bonchev–Trinajstić information content (AvgIpc) is 3.13. The molecule has 0 unspecified atom stereocenters. The summed E-state index contributed by atoms with van der Waals surface area (Å²) in [5.41, 5.74) is 2.15. The highest BCUT2D eigenvalue weighted by Gasteiger charge is 2.17. The number of halogens is 2. The van der Waals surface area contributed by atoms with Gasteiger partial charge in [-0.3, -0.25) is 14.4 Å². The Balaban J connectivity index is 1.55. The standard InChI is InChI=1S/C23H24ClFN4O3/c1-28-22(20(24)15-26-28)19-14-18(27-23(30)16-3-2-4-17(25)13-16)5-6-21(19)32-12-9-29-7-10-31-11-8-29/h2-6,13-15H,7-12H2,1H3,(H,27,30). The van der Waals surface area contributed by atoms with E-state index in [0.29, 0.717) is 34.3 Å².